The molecule has 1 aliphatic rings. The first-order valence-electron chi connectivity index (χ1n) is 9.52. The summed E-state index contributed by atoms with van der Waals surface area (Å²) in [6, 6.07) is 15.0. The summed E-state index contributed by atoms with van der Waals surface area (Å²) in [6.45, 7) is 0. The second-order valence-electron chi connectivity index (χ2n) is 7.14. The van der Waals surface area contributed by atoms with Crippen LogP contribution in [0.2, 0.25) is 0 Å². The molecule has 1 fully saturated rings. The van der Waals surface area contributed by atoms with Gasteiger partial charge in [0.1, 0.15) is 17.5 Å². The second-order valence-corrected chi connectivity index (χ2v) is 7.99. The number of thioether (sulfide) groups is 1. The third-order valence-corrected chi connectivity index (χ3v) is 6.09. The molecule has 2 aromatic heterocycles. The van der Waals surface area contributed by atoms with Gasteiger partial charge in [0.15, 0.2) is 0 Å². The molecule has 2 heterocycles. The van der Waals surface area contributed by atoms with Gasteiger partial charge in [0.05, 0.1) is 23.1 Å². The van der Waals surface area contributed by atoms with E-state index in [1.807, 2.05) is 24.3 Å². The van der Waals surface area contributed by atoms with Gasteiger partial charge >= 0.3 is 0 Å². The van der Waals surface area contributed by atoms with Gasteiger partial charge in [-0.1, -0.05) is 12.1 Å². The normalized spacial score (nSPS) is 19.3. The van der Waals surface area contributed by atoms with Crippen molar-refractivity contribution in [2.45, 2.75) is 42.7 Å². The molecule has 0 unspecified atom stereocenters. The minimum absolute atomic E-state index is 0.297. The molecular formula is C21H24N6S. The van der Waals surface area contributed by atoms with Crippen molar-refractivity contribution in [3.63, 3.8) is 0 Å². The molecular weight excluding hydrogens is 368 g/mol. The lowest BCUT2D eigenvalue weighted by molar-refractivity contribution is 0.411. The molecule has 3 aromatic rings. The molecule has 1 saturated carbocycles. The Morgan fingerprint density at radius 2 is 1.96 bits per heavy atom. The largest absolute Gasteiger partial charge is 0.381 e. The highest BCUT2D eigenvalue weighted by Crippen LogP contribution is 2.32. The summed E-state index contributed by atoms with van der Waals surface area (Å²) in [5.41, 5.74) is 9.32. The van der Waals surface area contributed by atoms with Crippen LogP contribution in [-0.2, 0) is 0 Å². The van der Waals surface area contributed by atoms with E-state index in [0.717, 1.165) is 53.3 Å². The van der Waals surface area contributed by atoms with E-state index in [1.54, 1.807) is 22.5 Å². The van der Waals surface area contributed by atoms with Crippen LogP contribution in [0.3, 0.4) is 0 Å². The molecule has 4 N–H and O–H groups in total. The zero-order chi connectivity index (χ0) is 19.5. The number of para-hydroxylation sites is 1. The number of nitrogens with one attached hydrogen (secondary N) is 2. The fourth-order valence-electron chi connectivity index (χ4n) is 3.78. The molecule has 0 saturated heterocycles. The summed E-state index contributed by atoms with van der Waals surface area (Å²) < 4.78 is 1.79. The Morgan fingerprint density at radius 3 is 2.71 bits per heavy atom. The number of benzene rings is 1. The van der Waals surface area contributed by atoms with E-state index >= 15 is 0 Å². The Kier molecular flexibility index (Phi) is 5.42. The Hall–Kier alpha value is -2.69. The SMILES string of the molecule is CSc1ccccc1Nc1cc(NC2CCC(N)CC2)c(C#N)c2ccnn12. The molecule has 0 radical (unpaired) electrons. The first-order chi connectivity index (χ1) is 13.7. The highest BCUT2D eigenvalue weighted by molar-refractivity contribution is 7.98. The maximum atomic E-state index is 9.79. The number of nitrogens with zero attached hydrogens (tertiary/aromatic N) is 3. The van der Waals surface area contributed by atoms with Crippen molar-refractivity contribution in [3.05, 3.63) is 48.2 Å². The van der Waals surface area contributed by atoms with E-state index in [0.29, 0.717) is 17.6 Å². The van der Waals surface area contributed by atoms with Gasteiger partial charge in [-0.2, -0.15) is 10.4 Å². The van der Waals surface area contributed by atoms with Crippen LogP contribution in [0.1, 0.15) is 31.2 Å². The van der Waals surface area contributed by atoms with Crippen molar-refractivity contribution in [1.29, 1.82) is 5.26 Å². The number of hydrogen-bond donors (Lipinski definition) is 3. The molecule has 28 heavy (non-hydrogen) atoms. The smallest absolute Gasteiger partial charge is 0.134 e. The number of fused-ring (bicyclic) bond motifs is 1. The van der Waals surface area contributed by atoms with Gasteiger partial charge in [0.2, 0.25) is 0 Å². The molecule has 4 rings (SSSR count). The number of anilines is 3. The first-order valence-corrected chi connectivity index (χ1v) is 10.7. The Balaban J connectivity index is 1.72. The quantitative estimate of drug-likeness (QED) is 0.559. The molecule has 0 atom stereocenters. The number of nitriles is 1. The number of hydrogen-bond acceptors (Lipinski definition) is 6. The second kappa shape index (κ2) is 8.13. The van der Waals surface area contributed by atoms with Crippen molar-refractivity contribution in [1.82, 2.24) is 9.61 Å². The number of rotatable bonds is 5. The lowest BCUT2D eigenvalue weighted by Gasteiger charge is -2.28. The topological polar surface area (TPSA) is 91.2 Å². The lowest BCUT2D eigenvalue weighted by Crippen LogP contribution is -2.33. The Morgan fingerprint density at radius 1 is 1.18 bits per heavy atom. The van der Waals surface area contributed by atoms with Crippen molar-refractivity contribution in [2.24, 2.45) is 5.73 Å². The van der Waals surface area contributed by atoms with Gasteiger partial charge in [-0.3, -0.25) is 0 Å². The van der Waals surface area contributed by atoms with Gasteiger partial charge in [0, 0.05) is 23.0 Å². The summed E-state index contributed by atoms with van der Waals surface area (Å²) >= 11 is 1.69. The van der Waals surface area contributed by atoms with Gasteiger partial charge in [-0.15, -0.1) is 11.8 Å². The van der Waals surface area contributed by atoms with Crippen molar-refractivity contribution in [3.8, 4) is 6.07 Å². The summed E-state index contributed by atoms with van der Waals surface area (Å²) in [7, 11) is 0. The molecule has 1 aliphatic carbocycles. The average molecular weight is 393 g/mol. The Labute approximate surface area is 169 Å². The first kappa shape index (κ1) is 18.7. The molecule has 0 spiro atoms. The summed E-state index contributed by atoms with van der Waals surface area (Å²) in [4.78, 5) is 1.16. The maximum absolute atomic E-state index is 9.79. The van der Waals surface area contributed by atoms with Crippen LogP contribution in [0.15, 0.2) is 47.5 Å². The highest BCUT2D eigenvalue weighted by Gasteiger charge is 2.21. The Bertz CT molecular complexity index is 1010. The minimum Gasteiger partial charge on any atom is -0.381 e. The van der Waals surface area contributed by atoms with Crippen LogP contribution in [0.4, 0.5) is 17.2 Å². The van der Waals surface area contributed by atoms with E-state index in [1.165, 1.54) is 0 Å². The molecule has 144 valence electrons. The number of nitrogens with two attached hydrogens (primary N) is 1. The van der Waals surface area contributed by atoms with Crippen molar-refractivity contribution >= 4 is 34.5 Å². The fraction of sp³-hybridized carbons (Fsp3) is 0.333. The molecule has 0 amide bonds. The van der Waals surface area contributed by atoms with E-state index in [4.69, 9.17) is 5.73 Å². The fourth-order valence-corrected chi connectivity index (χ4v) is 4.34. The molecule has 0 bridgehead atoms. The van der Waals surface area contributed by atoms with E-state index < -0.39 is 0 Å². The van der Waals surface area contributed by atoms with Crippen molar-refractivity contribution < 1.29 is 0 Å². The predicted octanol–water partition coefficient (Wildman–Crippen LogP) is 4.35. The monoisotopic (exact) mass is 392 g/mol. The van der Waals surface area contributed by atoms with E-state index in [2.05, 4.69) is 40.2 Å². The molecule has 6 nitrogen and oxygen atoms in total. The zero-order valence-corrected chi connectivity index (χ0v) is 16.7. The van der Waals surface area contributed by atoms with Crippen molar-refractivity contribution in [2.75, 3.05) is 16.9 Å². The number of aromatic nitrogens is 2. The maximum Gasteiger partial charge on any atom is 0.134 e. The zero-order valence-electron chi connectivity index (χ0n) is 15.9. The van der Waals surface area contributed by atoms with Crippen LogP contribution in [0.5, 0.6) is 0 Å². The molecule has 0 aliphatic heterocycles. The van der Waals surface area contributed by atoms with Gasteiger partial charge in [0.25, 0.3) is 0 Å². The summed E-state index contributed by atoms with van der Waals surface area (Å²) in [5, 5.41) is 21.3. The summed E-state index contributed by atoms with van der Waals surface area (Å²) in [6.07, 6.45) is 7.86. The average Bonchev–Trinajstić information content (AvgIpc) is 3.20. The van der Waals surface area contributed by atoms with Gasteiger partial charge < -0.3 is 16.4 Å². The predicted molar refractivity (Wildman–Crippen MR) is 115 cm³/mol. The molecule has 7 heteroatoms. The number of pyridine rings is 1. The van der Waals surface area contributed by atoms with Gasteiger partial charge in [-0.25, -0.2) is 4.52 Å². The standard InChI is InChI=1S/C21H24N6S/c1-28-20-5-3-2-4-17(20)26-21-12-18(25-15-8-6-14(23)7-9-15)16(13-22)19-10-11-24-27(19)21/h2-5,10-12,14-15,25-26H,6-9,23H2,1H3. The summed E-state index contributed by atoms with van der Waals surface area (Å²) in [5.74, 6) is 0.829. The van der Waals surface area contributed by atoms with Crippen LogP contribution in [-0.4, -0.2) is 28.0 Å². The van der Waals surface area contributed by atoms with E-state index in [-0.39, 0.29) is 0 Å². The van der Waals surface area contributed by atoms with Crippen LogP contribution >= 0.6 is 11.8 Å². The highest BCUT2D eigenvalue weighted by atomic mass is 32.2. The van der Waals surface area contributed by atoms with Crippen LogP contribution < -0.4 is 16.4 Å². The third-order valence-electron chi connectivity index (χ3n) is 5.29. The van der Waals surface area contributed by atoms with E-state index in [9.17, 15) is 5.26 Å². The third kappa shape index (κ3) is 3.66. The molecule has 1 aromatic carbocycles. The van der Waals surface area contributed by atoms with Crippen LogP contribution in [0.25, 0.3) is 5.52 Å². The van der Waals surface area contributed by atoms with Crippen LogP contribution in [0, 0.1) is 11.3 Å². The minimum atomic E-state index is 0.297. The lowest BCUT2D eigenvalue weighted by atomic mass is 9.91. The van der Waals surface area contributed by atoms with Gasteiger partial charge in [-0.05, 0) is 50.1 Å².